The van der Waals surface area contributed by atoms with Crippen LogP contribution in [0.4, 0.5) is 0 Å². The van der Waals surface area contributed by atoms with E-state index in [9.17, 15) is 0 Å². The first-order chi connectivity index (χ1) is 7.34. The van der Waals surface area contributed by atoms with Crippen LogP contribution < -0.4 is 5.32 Å². The normalized spacial score (nSPS) is 10.5. The van der Waals surface area contributed by atoms with Crippen molar-refractivity contribution in [1.29, 1.82) is 0 Å². The lowest BCUT2D eigenvalue weighted by atomic mass is 10.4. The standard InChI is InChI=1S/C9H11N5S/c1-7-11-3-2-8(12-7)4-10-5-9-6-15-14-13-9/h2-3,6,10H,4-5H2,1H3. The third-order valence-corrected chi connectivity index (χ3v) is 2.40. The highest BCUT2D eigenvalue weighted by molar-refractivity contribution is 7.03. The fourth-order valence-electron chi connectivity index (χ4n) is 1.18. The Morgan fingerprint density at radius 1 is 1.33 bits per heavy atom. The van der Waals surface area contributed by atoms with E-state index in [4.69, 9.17) is 0 Å². The van der Waals surface area contributed by atoms with Gasteiger partial charge >= 0.3 is 0 Å². The van der Waals surface area contributed by atoms with Crippen LogP contribution in [0.25, 0.3) is 0 Å². The van der Waals surface area contributed by atoms with Crippen LogP contribution in [0.1, 0.15) is 17.2 Å². The first-order valence-corrected chi connectivity index (χ1v) is 5.43. The maximum absolute atomic E-state index is 4.28. The highest BCUT2D eigenvalue weighted by Crippen LogP contribution is 1.98. The second-order valence-corrected chi connectivity index (χ2v) is 3.70. The van der Waals surface area contributed by atoms with E-state index in [-0.39, 0.29) is 0 Å². The molecule has 0 aliphatic carbocycles. The van der Waals surface area contributed by atoms with Crippen LogP contribution in [0.2, 0.25) is 0 Å². The van der Waals surface area contributed by atoms with E-state index in [1.807, 2.05) is 18.4 Å². The minimum Gasteiger partial charge on any atom is -0.305 e. The molecule has 5 nitrogen and oxygen atoms in total. The van der Waals surface area contributed by atoms with E-state index in [1.165, 1.54) is 11.5 Å². The molecule has 0 amide bonds. The third-order valence-electron chi connectivity index (χ3n) is 1.85. The van der Waals surface area contributed by atoms with E-state index in [0.717, 1.165) is 30.3 Å². The van der Waals surface area contributed by atoms with Crippen LogP contribution >= 0.6 is 11.5 Å². The molecule has 0 saturated carbocycles. The maximum Gasteiger partial charge on any atom is 0.125 e. The Kier molecular flexibility index (Phi) is 3.31. The summed E-state index contributed by atoms with van der Waals surface area (Å²) in [6, 6.07) is 1.90. The number of aryl methyl sites for hydroxylation is 1. The van der Waals surface area contributed by atoms with Crippen molar-refractivity contribution >= 4 is 11.5 Å². The number of hydrogen-bond donors (Lipinski definition) is 1. The van der Waals surface area contributed by atoms with Gasteiger partial charge < -0.3 is 5.32 Å². The summed E-state index contributed by atoms with van der Waals surface area (Å²) < 4.78 is 3.79. The van der Waals surface area contributed by atoms with Crippen LogP contribution in [0.5, 0.6) is 0 Å². The Balaban J connectivity index is 1.83. The SMILES string of the molecule is Cc1nccc(CNCc2csnn2)n1. The summed E-state index contributed by atoms with van der Waals surface area (Å²) in [6.07, 6.45) is 1.77. The molecule has 0 saturated heterocycles. The topological polar surface area (TPSA) is 63.6 Å². The molecule has 15 heavy (non-hydrogen) atoms. The van der Waals surface area contributed by atoms with Crippen molar-refractivity contribution < 1.29 is 0 Å². The molecule has 0 atom stereocenters. The Hall–Kier alpha value is -1.40. The quantitative estimate of drug-likeness (QED) is 0.832. The second-order valence-electron chi connectivity index (χ2n) is 3.09. The molecule has 0 aromatic carbocycles. The zero-order valence-electron chi connectivity index (χ0n) is 8.34. The van der Waals surface area contributed by atoms with Crippen LogP contribution in [-0.4, -0.2) is 19.6 Å². The molecule has 2 aromatic rings. The van der Waals surface area contributed by atoms with Gasteiger partial charge in [-0.1, -0.05) is 4.49 Å². The number of nitrogens with one attached hydrogen (secondary N) is 1. The zero-order chi connectivity index (χ0) is 10.5. The zero-order valence-corrected chi connectivity index (χ0v) is 9.16. The van der Waals surface area contributed by atoms with Crippen molar-refractivity contribution in [2.24, 2.45) is 0 Å². The molecule has 2 heterocycles. The number of nitrogens with zero attached hydrogens (tertiary/aromatic N) is 4. The highest BCUT2D eigenvalue weighted by Gasteiger charge is 1.97. The summed E-state index contributed by atoms with van der Waals surface area (Å²) >= 11 is 1.36. The van der Waals surface area contributed by atoms with Gasteiger partial charge in [0.15, 0.2) is 0 Å². The van der Waals surface area contributed by atoms with Crippen LogP contribution in [0, 0.1) is 6.92 Å². The molecular weight excluding hydrogens is 210 g/mol. The van der Waals surface area contributed by atoms with Crippen molar-refractivity contribution in [3.63, 3.8) is 0 Å². The fourth-order valence-corrected chi connectivity index (χ4v) is 1.63. The van der Waals surface area contributed by atoms with Gasteiger partial charge in [0.05, 0.1) is 11.4 Å². The summed E-state index contributed by atoms with van der Waals surface area (Å²) in [5.41, 5.74) is 1.96. The average molecular weight is 221 g/mol. The Morgan fingerprint density at radius 3 is 2.93 bits per heavy atom. The van der Waals surface area contributed by atoms with Gasteiger partial charge in [0.2, 0.25) is 0 Å². The van der Waals surface area contributed by atoms with E-state index in [0.29, 0.717) is 0 Å². The first-order valence-electron chi connectivity index (χ1n) is 4.60. The van der Waals surface area contributed by atoms with Gasteiger partial charge in [-0.3, -0.25) is 0 Å². The summed E-state index contributed by atoms with van der Waals surface area (Å²) in [7, 11) is 0. The Bertz CT molecular complexity index is 414. The molecule has 0 aliphatic heterocycles. The van der Waals surface area contributed by atoms with Gasteiger partial charge in [-0.05, 0) is 24.5 Å². The number of aromatic nitrogens is 4. The molecule has 2 rings (SSSR count). The summed E-state index contributed by atoms with van der Waals surface area (Å²) in [5.74, 6) is 0.796. The smallest absolute Gasteiger partial charge is 0.125 e. The molecule has 0 bridgehead atoms. The van der Waals surface area contributed by atoms with Crippen LogP contribution in [-0.2, 0) is 13.1 Å². The Morgan fingerprint density at radius 2 is 2.20 bits per heavy atom. The number of rotatable bonds is 4. The monoisotopic (exact) mass is 221 g/mol. The molecule has 1 N–H and O–H groups in total. The van der Waals surface area contributed by atoms with Gasteiger partial charge in [0, 0.05) is 24.7 Å². The first kappa shape index (κ1) is 10.1. The van der Waals surface area contributed by atoms with Crippen molar-refractivity contribution in [3.8, 4) is 0 Å². The third kappa shape index (κ3) is 3.03. The van der Waals surface area contributed by atoms with Crippen molar-refractivity contribution in [1.82, 2.24) is 24.9 Å². The van der Waals surface area contributed by atoms with Gasteiger partial charge in [0.1, 0.15) is 5.82 Å². The lowest BCUT2D eigenvalue weighted by Gasteiger charge is -2.02. The minimum atomic E-state index is 0.722. The summed E-state index contributed by atoms with van der Waals surface area (Å²) in [6.45, 7) is 3.33. The molecule has 0 radical (unpaired) electrons. The molecule has 6 heteroatoms. The lowest BCUT2D eigenvalue weighted by molar-refractivity contribution is 0.661. The minimum absolute atomic E-state index is 0.722. The molecule has 0 fully saturated rings. The number of hydrogen-bond acceptors (Lipinski definition) is 6. The molecule has 0 aliphatic rings. The van der Waals surface area contributed by atoms with E-state index in [1.54, 1.807) is 6.20 Å². The van der Waals surface area contributed by atoms with E-state index < -0.39 is 0 Å². The molecule has 0 unspecified atom stereocenters. The van der Waals surface area contributed by atoms with Gasteiger partial charge in [-0.2, -0.15) is 0 Å². The lowest BCUT2D eigenvalue weighted by Crippen LogP contribution is -2.14. The highest BCUT2D eigenvalue weighted by atomic mass is 32.1. The summed E-state index contributed by atoms with van der Waals surface area (Å²) in [5, 5.41) is 9.11. The van der Waals surface area contributed by atoms with Gasteiger partial charge in [0.25, 0.3) is 0 Å². The van der Waals surface area contributed by atoms with E-state index in [2.05, 4.69) is 24.9 Å². The molecule has 0 spiro atoms. The second kappa shape index (κ2) is 4.90. The predicted octanol–water partition coefficient (Wildman–Crippen LogP) is 0.926. The van der Waals surface area contributed by atoms with Gasteiger partial charge in [-0.25, -0.2) is 9.97 Å². The van der Waals surface area contributed by atoms with Crippen molar-refractivity contribution in [3.05, 3.63) is 34.9 Å². The summed E-state index contributed by atoms with van der Waals surface area (Å²) in [4.78, 5) is 8.32. The van der Waals surface area contributed by atoms with E-state index >= 15 is 0 Å². The Labute approximate surface area is 91.8 Å². The molecule has 2 aromatic heterocycles. The maximum atomic E-state index is 4.28. The van der Waals surface area contributed by atoms with Crippen molar-refractivity contribution in [2.75, 3.05) is 0 Å². The predicted molar refractivity (Wildman–Crippen MR) is 57.2 cm³/mol. The van der Waals surface area contributed by atoms with Crippen molar-refractivity contribution in [2.45, 2.75) is 20.0 Å². The molecule has 78 valence electrons. The average Bonchev–Trinajstić information content (AvgIpc) is 2.71. The van der Waals surface area contributed by atoms with Gasteiger partial charge in [-0.15, -0.1) is 5.10 Å². The largest absolute Gasteiger partial charge is 0.305 e. The fraction of sp³-hybridized carbons (Fsp3) is 0.333. The van der Waals surface area contributed by atoms with Crippen LogP contribution in [0.15, 0.2) is 17.6 Å². The van der Waals surface area contributed by atoms with Crippen LogP contribution in [0.3, 0.4) is 0 Å². The molecular formula is C9H11N5S.